The first kappa shape index (κ1) is 22.3. The minimum absolute atomic E-state index is 0.0460. The highest BCUT2D eigenvalue weighted by Crippen LogP contribution is 2.37. The molecule has 1 aliphatic rings. The summed E-state index contributed by atoms with van der Waals surface area (Å²) in [6.45, 7) is 7.84. The van der Waals surface area contributed by atoms with Crippen LogP contribution >= 0.6 is 0 Å². The van der Waals surface area contributed by atoms with Crippen LogP contribution in [0.4, 0.5) is 8.78 Å². The standard InChI is InChI=1S/C28H27F2N3O/c1-15(2)27-20(28(34)31-26-16(3)14-18-8-5-6-9-19(18)26)12-13-23-24(17(4)32-33(23)27)25-21(29)10-7-11-22(25)30/h5-13,15-16,26H,14H2,1-4H3,(H,31,34)/t16-,26+/m1/s1. The second-order valence-corrected chi connectivity index (χ2v) is 9.47. The van der Waals surface area contributed by atoms with Crippen molar-refractivity contribution in [2.45, 2.75) is 46.1 Å². The molecule has 0 spiro atoms. The van der Waals surface area contributed by atoms with Gasteiger partial charge in [-0.3, -0.25) is 4.79 Å². The quantitative estimate of drug-likeness (QED) is 0.385. The molecule has 1 N–H and O–H groups in total. The smallest absolute Gasteiger partial charge is 0.253 e. The third-order valence-electron chi connectivity index (χ3n) is 6.80. The Balaban J connectivity index is 1.61. The molecule has 1 aliphatic carbocycles. The largest absolute Gasteiger partial charge is 0.345 e. The van der Waals surface area contributed by atoms with Gasteiger partial charge in [0.2, 0.25) is 0 Å². The SMILES string of the molecule is Cc1nn2c(C(C)C)c(C(=O)N[C@@H]3c4ccccc4C[C@H]3C)ccc2c1-c1c(F)cccc1F. The van der Waals surface area contributed by atoms with Crippen molar-refractivity contribution in [1.82, 2.24) is 14.9 Å². The number of carbonyl (C=O) groups is 1. The lowest BCUT2D eigenvalue weighted by Crippen LogP contribution is -2.31. The maximum absolute atomic E-state index is 14.6. The summed E-state index contributed by atoms with van der Waals surface area (Å²) in [5, 5.41) is 7.85. The van der Waals surface area contributed by atoms with Crippen LogP contribution in [0.15, 0.2) is 54.6 Å². The van der Waals surface area contributed by atoms with Gasteiger partial charge in [0.1, 0.15) is 11.6 Å². The van der Waals surface area contributed by atoms with Crippen LogP contribution in [0.2, 0.25) is 0 Å². The highest BCUT2D eigenvalue weighted by molar-refractivity contribution is 5.97. The van der Waals surface area contributed by atoms with E-state index in [-0.39, 0.29) is 29.3 Å². The van der Waals surface area contributed by atoms with Crippen molar-refractivity contribution in [3.8, 4) is 11.1 Å². The number of nitrogens with one attached hydrogen (secondary N) is 1. The third-order valence-corrected chi connectivity index (χ3v) is 6.80. The van der Waals surface area contributed by atoms with E-state index in [2.05, 4.69) is 29.5 Å². The van der Waals surface area contributed by atoms with E-state index in [4.69, 9.17) is 0 Å². The predicted octanol–water partition coefficient (Wildman–Crippen LogP) is 6.37. The number of benzene rings is 2. The first-order chi connectivity index (χ1) is 16.3. The van der Waals surface area contributed by atoms with Gasteiger partial charge in [-0.2, -0.15) is 5.10 Å². The van der Waals surface area contributed by atoms with Crippen molar-refractivity contribution < 1.29 is 13.6 Å². The molecule has 2 heterocycles. The van der Waals surface area contributed by atoms with Crippen LogP contribution in [-0.2, 0) is 6.42 Å². The summed E-state index contributed by atoms with van der Waals surface area (Å²) in [5.41, 5.74) is 5.02. The molecule has 0 saturated heterocycles. The molecule has 1 amide bonds. The fraction of sp³-hybridized carbons (Fsp3) is 0.286. The summed E-state index contributed by atoms with van der Waals surface area (Å²) in [6.07, 6.45) is 0.924. The van der Waals surface area contributed by atoms with Gasteiger partial charge >= 0.3 is 0 Å². The van der Waals surface area contributed by atoms with E-state index >= 15 is 0 Å². The highest BCUT2D eigenvalue weighted by Gasteiger charge is 2.32. The molecule has 2 aromatic heterocycles. The van der Waals surface area contributed by atoms with Crippen LogP contribution in [0, 0.1) is 24.5 Å². The number of aryl methyl sites for hydroxylation is 1. The Bertz CT molecular complexity index is 1400. The van der Waals surface area contributed by atoms with Gasteiger partial charge < -0.3 is 5.32 Å². The van der Waals surface area contributed by atoms with Gasteiger partial charge in [-0.25, -0.2) is 13.3 Å². The van der Waals surface area contributed by atoms with Crippen molar-refractivity contribution >= 4 is 11.4 Å². The summed E-state index contributed by atoms with van der Waals surface area (Å²) < 4.78 is 30.9. The Morgan fingerprint density at radius 3 is 2.44 bits per heavy atom. The van der Waals surface area contributed by atoms with E-state index in [1.807, 2.05) is 26.0 Å². The Hall–Kier alpha value is -3.54. The van der Waals surface area contributed by atoms with Crippen LogP contribution in [-0.4, -0.2) is 15.5 Å². The highest BCUT2D eigenvalue weighted by atomic mass is 19.1. The number of hydrogen-bond acceptors (Lipinski definition) is 2. The Labute approximate surface area is 197 Å². The van der Waals surface area contributed by atoms with Gasteiger partial charge in [0.05, 0.1) is 34.1 Å². The fourth-order valence-electron chi connectivity index (χ4n) is 5.27. The first-order valence-corrected chi connectivity index (χ1v) is 11.6. The number of pyridine rings is 1. The molecule has 34 heavy (non-hydrogen) atoms. The van der Waals surface area contributed by atoms with Crippen LogP contribution < -0.4 is 5.32 Å². The number of aromatic nitrogens is 2. The molecule has 2 atom stereocenters. The summed E-state index contributed by atoms with van der Waals surface area (Å²) in [4.78, 5) is 13.5. The predicted molar refractivity (Wildman–Crippen MR) is 129 cm³/mol. The Morgan fingerprint density at radius 2 is 1.74 bits per heavy atom. The number of nitrogens with zero attached hydrogens (tertiary/aromatic N) is 2. The van der Waals surface area contributed by atoms with Gasteiger partial charge in [0.15, 0.2) is 0 Å². The molecule has 0 radical (unpaired) electrons. The molecule has 2 aromatic carbocycles. The fourth-order valence-corrected chi connectivity index (χ4v) is 5.27. The number of fused-ring (bicyclic) bond motifs is 2. The molecule has 0 bridgehead atoms. The van der Waals surface area contributed by atoms with Crippen molar-refractivity contribution in [3.63, 3.8) is 0 Å². The second-order valence-electron chi connectivity index (χ2n) is 9.47. The zero-order valence-electron chi connectivity index (χ0n) is 19.7. The van der Waals surface area contributed by atoms with E-state index in [0.29, 0.717) is 28.0 Å². The average molecular weight is 460 g/mol. The zero-order chi connectivity index (χ0) is 24.1. The average Bonchev–Trinajstić information content (AvgIpc) is 3.28. The van der Waals surface area contributed by atoms with Gasteiger partial charge in [-0.1, -0.05) is 51.1 Å². The van der Waals surface area contributed by atoms with E-state index in [9.17, 15) is 13.6 Å². The molecule has 5 rings (SSSR count). The third kappa shape index (κ3) is 3.49. The van der Waals surface area contributed by atoms with E-state index < -0.39 is 11.6 Å². The summed E-state index contributed by atoms with van der Waals surface area (Å²) in [5.74, 6) is -1.21. The van der Waals surface area contributed by atoms with Crippen LogP contribution in [0.1, 0.15) is 65.6 Å². The maximum atomic E-state index is 14.6. The van der Waals surface area contributed by atoms with E-state index in [0.717, 1.165) is 12.0 Å². The molecular weight excluding hydrogens is 432 g/mol. The van der Waals surface area contributed by atoms with Gasteiger partial charge in [0, 0.05) is 5.56 Å². The van der Waals surface area contributed by atoms with Crippen molar-refractivity contribution in [2.24, 2.45) is 5.92 Å². The number of halogens is 2. The Kier molecular flexibility index (Phi) is 5.47. The molecule has 0 unspecified atom stereocenters. The minimum atomic E-state index is -0.639. The van der Waals surface area contributed by atoms with E-state index in [1.54, 1.807) is 23.6 Å². The summed E-state index contributed by atoms with van der Waals surface area (Å²) in [7, 11) is 0. The maximum Gasteiger partial charge on any atom is 0.253 e. The Morgan fingerprint density at radius 1 is 1.03 bits per heavy atom. The van der Waals surface area contributed by atoms with Crippen LogP contribution in [0.3, 0.4) is 0 Å². The van der Waals surface area contributed by atoms with E-state index in [1.165, 1.54) is 23.8 Å². The van der Waals surface area contributed by atoms with Crippen LogP contribution in [0.25, 0.3) is 16.6 Å². The normalized spacial score (nSPS) is 17.4. The number of hydrogen-bond donors (Lipinski definition) is 1. The summed E-state index contributed by atoms with van der Waals surface area (Å²) in [6, 6.07) is 15.4. The lowest BCUT2D eigenvalue weighted by molar-refractivity contribution is 0.0925. The monoisotopic (exact) mass is 459 g/mol. The molecule has 0 aliphatic heterocycles. The van der Waals surface area contributed by atoms with Gasteiger partial charge in [-0.05, 0) is 60.6 Å². The molecule has 174 valence electrons. The van der Waals surface area contributed by atoms with Gasteiger partial charge in [-0.15, -0.1) is 0 Å². The zero-order valence-corrected chi connectivity index (χ0v) is 19.7. The second kappa shape index (κ2) is 8.35. The van der Waals surface area contributed by atoms with Gasteiger partial charge in [0.25, 0.3) is 5.91 Å². The number of rotatable bonds is 4. The number of carbonyl (C=O) groups excluding carboxylic acids is 1. The molecule has 6 heteroatoms. The molecule has 0 saturated carbocycles. The lowest BCUT2D eigenvalue weighted by Gasteiger charge is -2.21. The van der Waals surface area contributed by atoms with Crippen molar-refractivity contribution in [1.29, 1.82) is 0 Å². The van der Waals surface area contributed by atoms with Crippen LogP contribution in [0.5, 0.6) is 0 Å². The molecule has 4 aromatic rings. The number of amides is 1. The minimum Gasteiger partial charge on any atom is -0.345 e. The molecule has 4 nitrogen and oxygen atoms in total. The molecular formula is C28H27F2N3O. The summed E-state index contributed by atoms with van der Waals surface area (Å²) >= 11 is 0. The lowest BCUT2D eigenvalue weighted by atomic mass is 9.98. The van der Waals surface area contributed by atoms with Crippen molar-refractivity contribution in [2.75, 3.05) is 0 Å². The molecule has 0 fully saturated rings. The van der Waals surface area contributed by atoms with Crippen molar-refractivity contribution in [3.05, 3.63) is 94.3 Å². The first-order valence-electron chi connectivity index (χ1n) is 11.6. The topological polar surface area (TPSA) is 46.4 Å².